The van der Waals surface area contributed by atoms with Gasteiger partial charge in [-0.2, -0.15) is 0 Å². The number of aromatic nitrogens is 1. The fourth-order valence-electron chi connectivity index (χ4n) is 1.86. The Kier molecular flexibility index (Phi) is 5.16. The van der Waals surface area contributed by atoms with Crippen molar-refractivity contribution in [1.29, 1.82) is 0 Å². The topological polar surface area (TPSA) is 56.3 Å². The van der Waals surface area contributed by atoms with E-state index in [1.54, 1.807) is 6.07 Å². The van der Waals surface area contributed by atoms with Crippen LogP contribution in [0.4, 0.5) is 0 Å². The largest absolute Gasteiger partial charge is 0.454 e. The number of Topliss-reactive ketones (excluding diaryl/α,β-unsaturated/α-hetero) is 1. The Labute approximate surface area is 138 Å². The SMILES string of the molecule is Cc1ccc(C)c(C(=O)COC(=O)c2cnc(Cl)c(Cl)c2)c1. The highest BCUT2D eigenvalue weighted by atomic mass is 35.5. The first-order valence-electron chi connectivity index (χ1n) is 6.47. The predicted molar refractivity (Wildman–Crippen MR) is 84.8 cm³/mol. The lowest BCUT2D eigenvalue weighted by atomic mass is 10.0. The molecule has 4 nitrogen and oxygen atoms in total. The molecule has 1 heterocycles. The molecule has 114 valence electrons. The molecule has 0 unspecified atom stereocenters. The standard InChI is InChI=1S/C16H13Cl2NO3/c1-9-3-4-10(2)12(5-9)14(20)8-22-16(21)11-6-13(17)15(18)19-7-11/h3-7H,8H2,1-2H3. The van der Waals surface area contributed by atoms with Crippen molar-refractivity contribution in [2.24, 2.45) is 0 Å². The maximum atomic E-state index is 12.1. The summed E-state index contributed by atoms with van der Waals surface area (Å²) in [6, 6.07) is 6.89. The van der Waals surface area contributed by atoms with Crippen molar-refractivity contribution in [3.8, 4) is 0 Å². The maximum absolute atomic E-state index is 12.1. The van der Waals surface area contributed by atoms with Crippen LogP contribution in [0.1, 0.15) is 31.8 Å². The maximum Gasteiger partial charge on any atom is 0.340 e. The molecule has 6 heteroatoms. The predicted octanol–water partition coefficient (Wildman–Crippen LogP) is 4.04. The summed E-state index contributed by atoms with van der Waals surface area (Å²) in [5.41, 5.74) is 2.49. The monoisotopic (exact) mass is 337 g/mol. The minimum Gasteiger partial charge on any atom is -0.454 e. The number of ether oxygens (including phenoxy) is 1. The number of carbonyl (C=O) groups is 2. The first kappa shape index (κ1) is 16.5. The fraction of sp³-hybridized carbons (Fsp3) is 0.188. The Morgan fingerprint density at radius 2 is 1.91 bits per heavy atom. The van der Waals surface area contributed by atoms with Crippen LogP contribution in [-0.2, 0) is 4.74 Å². The highest BCUT2D eigenvalue weighted by molar-refractivity contribution is 6.41. The number of hydrogen-bond donors (Lipinski definition) is 0. The second-order valence-corrected chi connectivity index (χ2v) is 5.58. The van der Waals surface area contributed by atoms with Gasteiger partial charge in [0.05, 0.1) is 10.6 Å². The van der Waals surface area contributed by atoms with Crippen LogP contribution in [0, 0.1) is 13.8 Å². The van der Waals surface area contributed by atoms with Crippen LogP contribution in [0.5, 0.6) is 0 Å². The van der Waals surface area contributed by atoms with Gasteiger partial charge in [-0.05, 0) is 31.5 Å². The molecule has 0 bridgehead atoms. The van der Waals surface area contributed by atoms with Gasteiger partial charge in [-0.15, -0.1) is 0 Å². The Morgan fingerprint density at radius 3 is 2.59 bits per heavy atom. The number of rotatable bonds is 4. The average Bonchev–Trinajstić information content (AvgIpc) is 2.49. The van der Waals surface area contributed by atoms with Crippen molar-refractivity contribution in [3.63, 3.8) is 0 Å². The van der Waals surface area contributed by atoms with E-state index in [0.717, 1.165) is 11.1 Å². The number of pyridine rings is 1. The van der Waals surface area contributed by atoms with Crippen molar-refractivity contribution in [3.05, 3.63) is 62.9 Å². The van der Waals surface area contributed by atoms with E-state index < -0.39 is 5.97 Å². The summed E-state index contributed by atoms with van der Waals surface area (Å²) in [5, 5.41) is 0.252. The Balaban J connectivity index is 2.05. The van der Waals surface area contributed by atoms with Gasteiger partial charge in [-0.25, -0.2) is 9.78 Å². The molecule has 1 aromatic carbocycles. The fourth-order valence-corrected chi connectivity index (χ4v) is 2.13. The normalized spacial score (nSPS) is 10.4. The molecule has 0 spiro atoms. The van der Waals surface area contributed by atoms with Crippen LogP contribution < -0.4 is 0 Å². The first-order chi connectivity index (χ1) is 10.4. The zero-order valence-corrected chi connectivity index (χ0v) is 13.5. The van der Waals surface area contributed by atoms with E-state index in [1.807, 2.05) is 26.0 Å². The van der Waals surface area contributed by atoms with E-state index >= 15 is 0 Å². The second kappa shape index (κ2) is 6.90. The minimum atomic E-state index is -0.676. The molecule has 2 rings (SSSR count). The highest BCUT2D eigenvalue weighted by Gasteiger charge is 2.15. The molecule has 0 N–H and O–H groups in total. The molecule has 1 aromatic heterocycles. The molecular weight excluding hydrogens is 325 g/mol. The van der Waals surface area contributed by atoms with Crippen molar-refractivity contribution < 1.29 is 14.3 Å². The first-order valence-corrected chi connectivity index (χ1v) is 7.22. The number of halogens is 2. The molecule has 0 amide bonds. The van der Waals surface area contributed by atoms with Gasteiger partial charge in [0, 0.05) is 11.8 Å². The molecule has 2 aromatic rings. The van der Waals surface area contributed by atoms with Gasteiger partial charge in [0.25, 0.3) is 0 Å². The number of carbonyl (C=O) groups excluding carboxylic acids is 2. The van der Waals surface area contributed by atoms with Gasteiger partial charge in [-0.3, -0.25) is 4.79 Å². The summed E-state index contributed by atoms with van der Waals surface area (Å²) in [5.74, 6) is -0.938. The molecule has 22 heavy (non-hydrogen) atoms. The van der Waals surface area contributed by atoms with E-state index in [0.29, 0.717) is 5.56 Å². The summed E-state index contributed by atoms with van der Waals surface area (Å²) < 4.78 is 5.00. The number of hydrogen-bond acceptors (Lipinski definition) is 4. The molecule has 0 atom stereocenters. The number of benzene rings is 1. The van der Waals surface area contributed by atoms with E-state index in [4.69, 9.17) is 27.9 Å². The molecule has 0 aliphatic carbocycles. The van der Waals surface area contributed by atoms with Gasteiger partial charge in [-0.1, -0.05) is 40.9 Å². The van der Waals surface area contributed by atoms with Crippen molar-refractivity contribution in [2.75, 3.05) is 6.61 Å². The number of aryl methyl sites for hydroxylation is 2. The van der Waals surface area contributed by atoms with E-state index in [9.17, 15) is 9.59 Å². The zero-order valence-electron chi connectivity index (χ0n) is 12.0. The third-order valence-electron chi connectivity index (χ3n) is 3.06. The molecule has 0 aliphatic heterocycles. The van der Waals surface area contributed by atoms with E-state index in [-0.39, 0.29) is 28.1 Å². The molecular formula is C16H13Cl2NO3. The van der Waals surface area contributed by atoms with Crippen molar-refractivity contribution in [2.45, 2.75) is 13.8 Å². The van der Waals surface area contributed by atoms with E-state index in [1.165, 1.54) is 12.3 Å². The second-order valence-electron chi connectivity index (χ2n) is 4.81. The molecule has 0 saturated heterocycles. The molecule has 0 fully saturated rings. The van der Waals surface area contributed by atoms with Crippen LogP contribution in [0.15, 0.2) is 30.5 Å². The Morgan fingerprint density at radius 1 is 1.18 bits per heavy atom. The molecule has 0 saturated carbocycles. The number of nitrogens with zero attached hydrogens (tertiary/aromatic N) is 1. The molecule has 0 radical (unpaired) electrons. The van der Waals surface area contributed by atoms with Crippen LogP contribution in [0.3, 0.4) is 0 Å². The smallest absolute Gasteiger partial charge is 0.340 e. The van der Waals surface area contributed by atoms with Crippen LogP contribution >= 0.6 is 23.2 Å². The Hall–Kier alpha value is -1.91. The van der Waals surface area contributed by atoms with Gasteiger partial charge in [0.2, 0.25) is 5.78 Å². The quantitative estimate of drug-likeness (QED) is 0.480. The summed E-state index contributed by atoms with van der Waals surface area (Å²) in [4.78, 5) is 27.8. The zero-order chi connectivity index (χ0) is 16.3. The van der Waals surface area contributed by atoms with E-state index in [2.05, 4.69) is 4.98 Å². The average molecular weight is 338 g/mol. The third kappa shape index (κ3) is 3.84. The van der Waals surface area contributed by atoms with Gasteiger partial charge in [0.15, 0.2) is 6.61 Å². The summed E-state index contributed by atoms with van der Waals surface area (Å²) >= 11 is 11.5. The lowest BCUT2D eigenvalue weighted by molar-refractivity contribution is 0.0474. The number of esters is 1. The lowest BCUT2D eigenvalue weighted by Crippen LogP contribution is -2.15. The highest BCUT2D eigenvalue weighted by Crippen LogP contribution is 2.20. The van der Waals surface area contributed by atoms with Crippen molar-refractivity contribution >= 4 is 35.0 Å². The van der Waals surface area contributed by atoms with Crippen LogP contribution in [-0.4, -0.2) is 23.3 Å². The van der Waals surface area contributed by atoms with Crippen LogP contribution in [0.2, 0.25) is 10.2 Å². The summed E-state index contributed by atoms with van der Waals surface area (Å²) in [7, 11) is 0. The van der Waals surface area contributed by atoms with Gasteiger partial charge in [0.1, 0.15) is 5.15 Å². The summed E-state index contributed by atoms with van der Waals surface area (Å²) in [6.45, 7) is 3.38. The van der Waals surface area contributed by atoms with Crippen molar-refractivity contribution in [1.82, 2.24) is 4.98 Å². The third-order valence-corrected chi connectivity index (χ3v) is 3.75. The summed E-state index contributed by atoms with van der Waals surface area (Å²) in [6.07, 6.45) is 1.25. The van der Waals surface area contributed by atoms with Gasteiger partial charge >= 0.3 is 5.97 Å². The lowest BCUT2D eigenvalue weighted by Gasteiger charge is -2.08. The Bertz CT molecular complexity index is 744. The van der Waals surface area contributed by atoms with Crippen LogP contribution in [0.25, 0.3) is 0 Å². The van der Waals surface area contributed by atoms with Gasteiger partial charge < -0.3 is 4.74 Å². The number of ketones is 1. The molecule has 0 aliphatic rings. The minimum absolute atomic E-state index is 0.102.